The van der Waals surface area contributed by atoms with Crippen LogP contribution in [0, 0.1) is 0 Å². The molecule has 0 amide bonds. The third-order valence-electron chi connectivity index (χ3n) is 2.64. The zero-order valence-corrected chi connectivity index (χ0v) is 14.8. The highest BCUT2D eigenvalue weighted by atomic mass is 79.9. The SMILES string of the molecule is Br.O=C(O)CSc1ccccc1NC=CC=Nc1ccccc1. The zero-order valence-electron chi connectivity index (χ0n) is 12.3. The van der Waals surface area contributed by atoms with Gasteiger partial charge in [-0.25, -0.2) is 0 Å². The van der Waals surface area contributed by atoms with Crippen LogP contribution >= 0.6 is 28.7 Å². The van der Waals surface area contributed by atoms with Crippen molar-refractivity contribution in [2.75, 3.05) is 11.1 Å². The molecule has 2 aromatic carbocycles. The number of carboxylic acids is 1. The van der Waals surface area contributed by atoms with Crippen molar-refractivity contribution in [1.82, 2.24) is 0 Å². The Balaban J connectivity index is 0.00000264. The van der Waals surface area contributed by atoms with Crippen molar-refractivity contribution in [2.24, 2.45) is 4.99 Å². The van der Waals surface area contributed by atoms with Crippen LogP contribution in [0.3, 0.4) is 0 Å². The lowest BCUT2D eigenvalue weighted by Gasteiger charge is -2.07. The number of benzene rings is 2. The molecule has 2 rings (SSSR count). The van der Waals surface area contributed by atoms with E-state index in [1.807, 2.05) is 54.6 Å². The summed E-state index contributed by atoms with van der Waals surface area (Å²) in [7, 11) is 0. The first-order valence-electron chi connectivity index (χ1n) is 6.70. The van der Waals surface area contributed by atoms with Gasteiger partial charge in [-0.15, -0.1) is 28.7 Å². The molecule has 0 aliphatic heterocycles. The summed E-state index contributed by atoms with van der Waals surface area (Å²) in [5, 5.41) is 11.9. The second-order valence-electron chi connectivity index (χ2n) is 4.30. The van der Waals surface area contributed by atoms with Crippen molar-refractivity contribution in [1.29, 1.82) is 0 Å². The van der Waals surface area contributed by atoms with E-state index in [2.05, 4.69) is 10.3 Å². The maximum absolute atomic E-state index is 10.6. The number of allylic oxidation sites excluding steroid dienone is 1. The van der Waals surface area contributed by atoms with Crippen LogP contribution in [-0.2, 0) is 4.79 Å². The summed E-state index contributed by atoms with van der Waals surface area (Å²) < 4.78 is 0. The van der Waals surface area contributed by atoms with Crippen LogP contribution in [0.5, 0.6) is 0 Å². The number of aliphatic carboxylic acids is 1. The number of hydrogen-bond acceptors (Lipinski definition) is 4. The predicted octanol–water partition coefficient (Wildman–Crippen LogP) is 4.77. The Kier molecular flexibility index (Phi) is 8.79. The Morgan fingerprint density at radius 2 is 1.83 bits per heavy atom. The number of thioether (sulfide) groups is 1. The van der Waals surface area contributed by atoms with Gasteiger partial charge in [0.1, 0.15) is 0 Å². The van der Waals surface area contributed by atoms with E-state index in [1.165, 1.54) is 11.8 Å². The maximum atomic E-state index is 10.6. The van der Waals surface area contributed by atoms with Gasteiger partial charge in [0.05, 0.1) is 17.1 Å². The molecule has 0 aromatic heterocycles. The summed E-state index contributed by atoms with van der Waals surface area (Å²) in [5.74, 6) is -0.789. The molecule has 4 nitrogen and oxygen atoms in total. The quantitative estimate of drug-likeness (QED) is 0.526. The highest BCUT2D eigenvalue weighted by molar-refractivity contribution is 8.93. The summed E-state index contributed by atoms with van der Waals surface area (Å²) in [4.78, 5) is 15.8. The molecule has 2 N–H and O–H groups in total. The number of halogens is 1. The first kappa shape index (κ1) is 19.0. The molecule has 0 radical (unpaired) electrons. The van der Waals surface area contributed by atoms with Gasteiger partial charge in [-0.2, -0.15) is 0 Å². The molecule has 0 atom stereocenters. The average Bonchev–Trinajstić information content (AvgIpc) is 2.54. The average molecular weight is 393 g/mol. The molecule has 0 unspecified atom stereocenters. The van der Waals surface area contributed by atoms with Gasteiger partial charge in [0.2, 0.25) is 0 Å². The van der Waals surface area contributed by atoms with Crippen LogP contribution in [0.25, 0.3) is 0 Å². The number of nitrogens with one attached hydrogen (secondary N) is 1. The van der Waals surface area contributed by atoms with E-state index in [9.17, 15) is 4.79 Å². The van der Waals surface area contributed by atoms with Crippen molar-refractivity contribution < 1.29 is 9.90 Å². The smallest absolute Gasteiger partial charge is 0.313 e. The highest BCUT2D eigenvalue weighted by Crippen LogP contribution is 2.26. The normalized spacial score (nSPS) is 10.6. The number of nitrogens with zero attached hydrogens (tertiary/aromatic N) is 1. The predicted molar refractivity (Wildman–Crippen MR) is 102 cm³/mol. The van der Waals surface area contributed by atoms with Crippen molar-refractivity contribution in [3.63, 3.8) is 0 Å². The second kappa shape index (κ2) is 10.6. The van der Waals surface area contributed by atoms with Crippen LogP contribution < -0.4 is 5.32 Å². The van der Waals surface area contributed by atoms with Crippen molar-refractivity contribution >= 4 is 52.3 Å². The standard InChI is InChI=1S/C17H16N2O2S.BrH/c20-17(21)13-22-16-10-5-4-9-15(16)19-12-6-11-18-14-7-2-1-3-8-14;/h1-12,19H,13H2,(H,20,21);1H. The van der Waals surface area contributed by atoms with E-state index >= 15 is 0 Å². The third-order valence-corrected chi connectivity index (χ3v) is 3.70. The van der Waals surface area contributed by atoms with E-state index in [0.29, 0.717) is 0 Å². The largest absolute Gasteiger partial charge is 0.481 e. The molecule has 2 aromatic rings. The molecule has 0 spiro atoms. The number of anilines is 1. The monoisotopic (exact) mass is 392 g/mol. The first-order valence-corrected chi connectivity index (χ1v) is 7.68. The number of rotatable bonds is 7. The van der Waals surface area contributed by atoms with Gasteiger partial charge < -0.3 is 10.4 Å². The lowest BCUT2D eigenvalue weighted by molar-refractivity contribution is -0.133. The second-order valence-corrected chi connectivity index (χ2v) is 5.31. The number of hydrogen-bond donors (Lipinski definition) is 2. The molecular weight excluding hydrogens is 376 g/mol. The first-order chi connectivity index (χ1) is 10.8. The van der Waals surface area contributed by atoms with Crippen LogP contribution in [0.2, 0.25) is 0 Å². The molecule has 6 heteroatoms. The summed E-state index contributed by atoms with van der Waals surface area (Å²) in [6.07, 6.45) is 5.27. The van der Waals surface area contributed by atoms with Gasteiger partial charge in [0.25, 0.3) is 0 Å². The minimum atomic E-state index is -0.828. The van der Waals surface area contributed by atoms with Crippen molar-refractivity contribution in [2.45, 2.75) is 4.90 Å². The number of para-hydroxylation sites is 2. The topological polar surface area (TPSA) is 61.7 Å². The van der Waals surface area contributed by atoms with Crippen LogP contribution in [0.4, 0.5) is 11.4 Å². The molecular formula is C17H17BrN2O2S. The van der Waals surface area contributed by atoms with E-state index in [0.717, 1.165) is 16.3 Å². The fourth-order valence-corrected chi connectivity index (χ4v) is 2.41. The van der Waals surface area contributed by atoms with Crippen molar-refractivity contribution in [3.05, 3.63) is 66.9 Å². The number of carbonyl (C=O) groups is 1. The van der Waals surface area contributed by atoms with Crippen molar-refractivity contribution in [3.8, 4) is 0 Å². The Morgan fingerprint density at radius 1 is 1.13 bits per heavy atom. The minimum absolute atomic E-state index is 0. The van der Waals surface area contributed by atoms with Gasteiger partial charge >= 0.3 is 5.97 Å². The Labute approximate surface area is 150 Å². The fraction of sp³-hybridized carbons (Fsp3) is 0.0588. The van der Waals surface area contributed by atoms with Gasteiger partial charge in [-0.05, 0) is 30.3 Å². The fourth-order valence-electron chi connectivity index (χ4n) is 1.68. The minimum Gasteiger partial charge on any atom is -0.481 e. The lowest BCUT2D eigenvalue weighted by Crippen LogP contribution is -1.98. The van der Waals surface area contributed by atoms with Crippen LogP contribution in [0.15, 0.2) is 76.8 Å². The molecule has 23 heavy (non-hydrogen) atoms. The summed E-state index contributed by atoms with van der Waals surface area (Å²) in [6, 6.07) is 17.3. The van der Waals surface area contributed by atoms with E-state index < -0.39 is 5.97 Å². The molecule has 120 valence electrons. The van der Waals surface area contributed by atoms with E-state index in [4.69, 9.17) is 5.11 Å². The summed E-state index contributed by atoms with van der Waals surface area (Å²) >= 11 is 1.29. The molecule has 0 bridgehead atoms. The molecule has 0 aliphatic rings. The summed E-state index contributed by atoms with van der Waals surface area (Å²) in [5.41, 5.74) is 1.77. The Morgan fingerprint density at radius 3 is 2.57 bits per heavy atom. The maximum Gasteiger partial charge on any atom is 0.313 e. The van der Waals surface area contributed by atoms with Gasteiger partial charge in [0.15, 0.2) is 0 Å². The summed E-state index contributed by atoms with van der Waals surface area (Å²) in [6.45, 7) is 0. The number of carboxylic acid groups (broad SMARTS) is 1. The van der Waals surface area contributed by atoms with Gasteiger partial charge in [-0.1, -0.05) is 30.3 Å². The molecule has 0 saturated carbocycles. The van der Waals surface area contributed by atoms with Crippen LogP contribution in [-0.4, -0.2) is 23.0 Å². The lowest BCUT2D eigenvalue weighted by atomic mass is 10.3. The molecule has 0 fully saturated rings. The Bertz CT molecular complexity index is 675. The highest BCUT2D eigenvalue weighted by Gasteiger charge is 2.03. The van der Waals surface area contributed by atoms with Crippen LogP contribution in [0.1, 0.15) is 0 Å². The molecule has 0 aliphatic carbocycles. The molecule has 0 heterocycles. The Hall–Kier alpha value is -2.05. The number of aliphatic imine (C=N–C) groups is 1. The molecule has 0 saturated heterocycles. The zero-order chi connectivity index (χ0) is 15.6. The van der Waals surface area contributed by atoms with Gasteiger partial charge in [-0.3, -0.25) is 9.79 Å². The van der Waals surface area contributed by atoms with Gasteiger partial charge in [0, 0.05) is 17.3 Å². The third kappa shape index (κ3) is 7.17. The van der Waals surface area contributed by atoms with E-state index in [-0.39, 0.29) is 22.7 Å². The van der Waals surface area contributed by atoms with E-state index in [1.54, 1.807) is 18.5 Å².